The van der Waals surface area contributed by atoms with E-state index in [2.05, 4.69) is 9.64 Å². The summed E-state index contributed by atoms with van der Waals surface area (Å²) in [5.74, 6) is -0.187. The monoisotopic (exact) mass is 284 g/mol. The van der Waals surface area contributed by atoms with Gasteiger partial charge in [-0.15, -0.1) is 0 Å². The topological polar surface area (TPSA) is 59.1 Å². The van der Waals surface area contributed by atoms with Crippen molar-refractivity contribution in [1.29, 1.82) is 0 Å². The molecule has 3 aliphatic rings. The number of rotatable bonds is 3. The highest BCUT2D eigenvalue weighted by molar-refractivity contribution is 5.71. The second-order valence-electron chi connectivity index (χ2n) is 6.52. The van der Waals surface area contributed by atoms with Crippen LogP contribution in [0, 0.1) is 0 Å². The first-order valence-corrected chi connectivity index (χ1v) is 7.10. The van der Waals surface area contributed by atoms with Gasteiger partial charge in [-0.1, -0.05) is 0 Å². The third-order valence-electron chi connectivity index (χ3n) is 3.73. The lowest BCUT2D eigenvalue weighted by molar-refractivity contribution is -0.141. The molecule has 6 nitrogen and oxygen atoms in total. The highest BCUT2D eigenvalue weighted by Crippen LogP contribution is 2.33. The Morgan fingerprint density at radius 2 is 1.80 bits per heavy atom. The van der Waals surface area contributed by atoms with E-state index in [0.29, 0.717) is 13.0 Å². The third-order valence-corrected chi connectivity index (χ3v) is 3.73. The number of nitrogens with zero attached hydrogens (tertiary/aromatic N) is 2. The van der Waals surface area contributed by atoms with Gasteiger partial charge in [0.05, 0.1) is 25.6 Å². The average Bonchev–Trinajstić information content (AvgIpc) is 2.33. The number of esters is 1. The molecule has 2 bridgehead atoms. The van der Waals surface area contributed by atoms with E-state index in [1.807, 2.05) is 25.7 Å². The van der Waals surface area contributed by atoms with E-state index < -0.39 is 5.60 Å². The molecule has 114 valence electrons. The fraction of sp³-hybridized carbons (Fsp3) is 0.857. The fourth-order valence-corrected chi connectivity index (χ4v) is 2.84. The number of hydrogen-bond acceptors (Lipinski definition) is 5. The standard InChI is InChI=1S/C14H24N2O4/c1-14(2,3)20-13(18)16-10-7-11(16)9-15(8-10)6-5-12(17)19-4/h10-11H,5-9H2,1-4H3. The fourth-order valence-electron chi connectivity index (χ4n) is 2.84. The molecule has 3 aliphatic heterocycles. The SMILES string of the molecule is COC(=O)CCN1CC2CC(C1)N2C(=O)OC(C)(C)C. The van der Waals surface area contributed by atoms with Crippen molar-refractivity contribution in [2.24, 2.45) is 0 Å². The first-order chi connectivity index (χ1) is 9.30. The smallest absolute Gasteiger partial charge is 0.410 e. The molecule has 3 fully saturated rings. The van der Waals surface area contributed by atoms with Crippen LogP contribution in [0.2, 0.25) is 0 Å². The molecule has 20 heavy (non-hydrogen) atoms. The number of fused-ring (bicyclic) bond motifs is 2. The van der Waals surface area contributed by atoms with Gasteiger partial charge in [-0.2, -0.15) is 0 Å². The second kappa shape index (κ2) is 5.60. The van der Waals surface area contributed by atoms with Gasteiger partial charge < -0.3 is 9.47 Å². The normalized spacial score (nSPS) is 25.9. The summed E-state index contributed by atoms with van der Waals surface area (Å²) in [5.41, 5.74) is -0.453. The molecule has 0 saturated carbocycles. The maximum absolute atomic E-state index is 12.1. The summed E-state index contributed by atoms with van der Waals surface area (Å²) in [4.78, 5) is 27.3. The van der Waals surface area contributed by atoms with E-state index in [9.17, 15) is 9.59 Å². The summed E-state index contributed by atoms with van der Waals surface area (Å²) in [7, 11) is 1.40. The largest absolute Gasteiger partial charge is 0.469 e. The summed E-state index contributed by atoms with van der Waals surface area (Å²) >= 11 is 0. The highest BCUT2D eigenvalue weighted by Gasteiger charge is 2.48. The zero-order valence-corrected chi connectivity index (χ0v) is 12.7. The first-order valence-electron chi connectivity index (χ1n) is 7.10. The van der Waals surface area contributed by atoms with Crippen LogP contribution in [0.4, 0.5) is 4.79 Å². The van der Waals surface area contributed by atoms with E-state index in [-0.39, 0.29) is 24.1 Å². The number of amides is 1. The maximum Gasteiger partial charge on any atom is 0.410 e. The number of methoxy groups -OCH3 is 1. The molecule has 2 unspecified atom stereocenters. The Morgan fingerprint density at radius 3 is 2.30 bits per heavy atom. The Kier molecular flexibility index (Phi) is 4.22. The molecule has 3 heterocycles. The van der Waals surface area contributed by atoms with Gasteiger partial charge in [-0.3, -0.25) is 14.6 Å². The van der Waals surface area contributed by atoms with Gasteiger partial charge in [0.25, 0.3) is 0 Å². The average molecular weight is 284 g/mol. The number of hydrogen-bond donors (Lipinski definition) is 0. The lowest BCUT2D eigenvalue weighted by Crippen LogP contribution is -2.70. The van der Waals surface area contributed by atoms with Gasteiger partial charge in [0, 0.05) is 19.6 Å². The van der Waals surface area contributed by atoms with Crippen molar-refractivity contribution in [1.82, 2.24) is 9.80 Å². The predicted molar refractivity (Wildman–Crippen MR) is 73.3 cm³/mol. The molecule has 0 aliphatic carbocycles. The van der Waals surface area contributed by atoms with Crippen molar-refractivity contribution < 1.29 is 19.1 Å². The van der Waals surface area contributed by atoms with Crippen LogP contribution in [0.3, 0.4) is 0 Å². The number of carbonyl (C=O) groups is 2. The van der Waals surface area contributed by atoms with Crippen molar-refractivity contribution in [2.75, 3.05) is 26.7 Å². The molecule has 1 amide bonds. The van der Waals surface area contributed by atoms with E-state index in [1.165, 1.54) is 7.11 Å². The second-order valence-corrected chi connectivity index (χ2v) is 6.52. The summed E-state index contributed by atoms with van der Waals surface area (Å²) in [5, 5.41) is 0. The molecular weight excluding hydrogens is 260 g/mol. The Morgan fingerprint density at radius 1 is 1.20 bits per heavy atom. The van der Waals surface area contributed by atoms with Crippen LogP contribution in [0.25, 0.3) is 0 Å². The lowest BCUT2D eigenvalue weighted by Gasteiger charge is -2.55. The van der Waals surface area contributed by atoms with Crippen molar-refractivity contribution in [3.05, 3.63) is 0 Å². The van der Waals surface area contributed by atoms with Gasteiger partial charge in [-0.25, -0.2) is 4.79 Å². The van der Waals surface area contributed by atoms with Crippen LogP contribution in [-0.2, 0) is 14.3 Å². The van der Waals surface area contributed by atoms with E-state index >= 15 is 0 Å². The van der Waals surface area contributed by atoms with Gasteiger partial charge in [0.15, 0.2) is 0 Å². The Labute approximate surface area is 120 Å². The highest BCUT2D eigenvalue weighted by atomic mass is 16.6. The molecule has 0 spiro atoms. The summed E-state index contributed by atoms with van der Waals surface area (Å²) in [6.07, 6.45) is 1.22. The molecule has 0 aromatic rings. The lowest BCUT2D eigenvalue weighted by atomic mass is 9.88. The number of carbonyl (C=O) groups excluding carboxylic acids is 2. The van der Waals surface area contributed by atoms with Gasteiger partial charge >= 0.3 is 12.1 Å². The first kappa shape index (κ1) is 15.1. The summed E-state index contributed by atoms with van der Waals surface area (Å²) < 4.78 is 10.1. The minimum absolute atomic E-state index is 0.187. The van der Waals surface area contributed by atoms with Crippen molar-refractivity contribution in [3.8, 4) is 0 Å². The van der Waals surface area contributed by atoms with Crippen molar-refractivity contribution in [2.45, 2.75) is 51.3 Å². The Balaban J connectivity index is 1.80. The van der Waals surface area contributed by atoms with E-state index in [0.717, 1.165) is 19.5 Å². The molecular formula is C14H24N2O4. The zero-order chi connectivity index (χ0) is 14.9. The minimum Gasteiger partial charge on any atom is -0.469 e. The van der Waals surface area contributed by atoms with E-state index in [4.69, 9.17) is 4.74 Å². The maximum atomic E-state index is 12.1. The third kappa shape index (κ3) is 3.42. The number of ether oxygens (including phenoxy) is 2. The summed E-state index contributed by atoms with van der Waals surface area (Å²) in [6.45, 7) is 7.96. The Hall–Kier alpha value is -1.30. The van der Waals surface area contributed by atoms with Crippen LogP contribution in [0.1, 0.15) is 33.6 Å². The van der Waals surface area contributed by atoms with Crippen LogP contribution < -0.4 is 0 Å². The van der Waals surface area contributed by atoms with Crippen LogP contribution >= 0.6 is 0 Å². The molecule has 2 atom stereocenters. The Bertz CT molecular complexity index is 379. The molecule has 3 saturated heterocycles. The molecule has 0 N–H and O–H groups in total. The van der Waals surface area contributed by atoms with Gasteiger partial charge in [0.1, 0.15) is 5.60 Å². The molecule has 0 aromatic heterocycles. The van der Waals surface area contributed by atoms with Gasteiger partial charge in [-0.05, 0) is 27.2 Å². The quantitative estimate of drug-likeness (QED) is 0.730. The van der Waals surface area contributed by atoms with Crippen molar-refractivity contribution >= 4 is 12.1 Å². The van der Waals surface area contributed by atoms with Crippen molar-refractivity contribution in [3.63, 3.8) is 0 Å². The molecule has 6 heteroatoms. The predicted octanol–water partition coefficient (Wildman–Crippen LogP) is 1.24. The van der Waals surface area contributed by atoms with Crippen LogP contribution in [0.15, 0.2) is 0 Å². The van der Waals surface area contributed by atoms with Crippen LogP contribution in [0.5, 0.6) is 0 Å². The molecule has 0 radical (unpaired) electrons. The van der Waals surface area contributed by atoms with E-state index in [1.54, 1.807) is 0 Å². The minimum atomic E-state index is -0.453. The molecule has 0 aromatic carbocycles. The van der Waals surface area contributed by atoms with Crippen LogP contribution in [-0.4, -0.2) is 66.3 Å². The zero-order valence-electron chi connectivity index (χ0n) is 12.7. The number of piperidine rings is 1. The summed E-state index contributed by atoms with van der Waals surface area (Å²) in [6, 6.07) is 0.447. The number of piperazine rings is 1. The molecule has 3 rings (SSSR count). The van der Waals surface area contributed by atoms with Gasteiger partial charge in [0.2, 0.25) is 0 Å².